The molecule has 0 fully saturated rings. The fraction of sp³-hybridized carbons (Fsp3) is 0.222. The quantitative estimate of drug-likeness (QED) is 0.667. The third-order valence-corrected chi connectivity index (χ3v) is 3.40. The van der Waals surface area contributed by atoms with Crippen molar-refractivity contribution >= 4 is 11.0 Å². The molecule has 0 saturated heterocycles. The van der Waals surface area contributed by atoms with Gasteiger partial charge in [0.05, 0.1) is 17.6 Å². The van der Waals surface area contributed by atoms with Crippen LogP contribution in [-0.2, 0) is 0 Å². The summed E-state index contributed by atoms with van der Waals surface area (Å²) in [6, 6.07) is 14.6. The van der Waals surface area contributed by atoms with E-state index in [9.17, 15) is 4.79 Å². The second kappa shape index (κ2) is 6.43. The van der Waals surface area contributed by atoms with Crippen molar-refractivity contribution in [1.29, 1.82) is 0 Å². The number of nitrogens with zero attached hydrogens (tertiary/aromatic N) is 1. The van der Waals surface area contributed by atoms with Gasteiger partial charge in [-0.05, 0) is 30.7 Å². The Morgan fingerprint density at radius 3 is 2.73 bits per heavy atom. The van der Waals surface area contributed by atoms with E-state index in [0.29, 0.717) is 28.9 Å². The van der Waals surface area contributed by atoms with Gasteiger partial charge in [-0.25, -0.2) is 0 Å². The number of benzene rings is 2. The SMILES string of the molecule is CCCCOc1ccccc1-c1nc(=O)c2ccccc2o1. The molecule has 0 atom stereocenters. The van der Waals surface area contributed by atoms with Gasteiger partial charge in [0.25, 0.3) is 5.56 Å². The molecule has 2 aromatic carbocycles. The van der Waals surface area contributed by atoms with E-state index in [2.05, 4.69) is 11.9 Å². The highest BCUT2D eigenvalue weighted by molar-refractivity contribution is 5.77. The monoisotopic (exact) mass is 295 g/mol. The summed E-state index contributed by atoms with van der Waals surface area (Å²) < 4.78 is 11.6. The van der Waals surface area contributed by atoms with Gasteiger partial charge >= 0.3 is 0 Å². The van der Waals surface area contributed by atoms with Crippen molar-refractivity contribution in [3.8, 4) is 17.2 Å². The summed E-state index contributed by atoms with van der Waals surface area (Å²) in [6.45, 7) is 2.74. The molecule has 0 aliphatic carbocycles. The van der Waals surface area contributed by atoms with E-state index in [4.69, 9.17) is 9.15 Å². The lowest BCUT2D eigenvalue weighted by Gasteiger charge is -2.10. The summed E-state index contributed by atoms with van der Waals surface area (Å²) in [4.78, 5) is 16.2. The second-order valence-corrected chi connectivity index (χ2v) is 5.02. The number of para-hydroxylation sites is 2. The van der Waals surface area contributed by atoms with Crippen LogP contribution in [0.3, 0.4) is 0 Å². The van der Waals surface area contributed by atoms with E-state index in [-0.39, 0.29) is 11.4 Å². The normalized spacial score (nSPS) is 10.8. The highest BCUT2D eigenvalue weighted by Crippen LogP contribution is 2.29. The van der Waals surface area contributed by atoms with Crippen molar-refractivity contribution in [1.82, 2.24) is 4.98 Å². The first-order chi connectivity index (χ1) is 10.8. The van der Waals surface area contributed by atoms with Gasteiger partial charge in [-0.1, -0.05) is 37.6 Å². The van der Waals surface area contributed by atoms with Crippen LogP contribution in [0.4, 0.5) is 0 Å². The average Bonchev–Trinajstić information content (AvgIpc) is 2.55. The highest BCUT2D eigenvalue weighted by atomic mass is 16.5. The van der Waals surface area contributed by atoms with Crippen LogP contribution < -0.4 is 10.3 Å². The molecule has 112 valence electrons. The summed E-state index contributed by atoms with van der Waals surface area (Å²) in [7, 11) is 0. The molecule has 4 nitrogen and oxygen atoms in total. The molecule has 0 unspecified atom stereocenters. The Labute approximate surface area is 128 Å². The smallest absolute Gasteiger partial charge is 0.284 e. The first kappa shape index (κ1) is 14.3. The van der Waals surface area contributed by atoms with Gasteiger partial charge in [0.15, 0.2) is 0 Å². The van der Waals surface area contributed by atoms with Crippen molar-refractivity contribution in [3.63, 3.8) is 0 Å². The van der Waals surface area contributed by atoms with Crippen LogP contribution in [0, 0.1) is 0 Å². The number of rotatable bonds is 5. The Kier molecular flexibility index (Phi) is 4.19. The molecule has 0 aliphatic heterocycles. The lowest BCUT2D eigenvalue weighted by atomic mass is 10.2. The summed E-state index contributed by atoms with van der Waals surface area (Å²) in [6.07, 6.45) is 2.04. The van der Waals surface area contributed by atoms with Gasteiger partial charge in [0.1, 0.15) is 11.3 Å². The Morgan fingerprint density at radius 2 is 1.86 bits per heavy atom. The molecule has 1 aromatic heterocycles. The van der Waals surface area contributed by atoms with Gasteiger partial charge < -0.3 is 9.15 Å². The van der Waals surface area contributed by atoms with E-state index in [1.165, 1.54) is 0 Å². The van der Waals surface area contributed by atoms with Gasteiger partial charge in [-0.3, -0.25) is 4.79 Å². The number of hydrogen-bond donors (Lipinski definition) is 0. The summed E-state index contributed by atoms with van der Waals surface area (Å²) in [5.41, 5.74) is 0.933. The minimum absolute atomic E-state index is 0.288. The molecule has 3 rings (SSSR count). The van der Waals surface area contributed by atoms with Crippen LogP contribution >= 0.6 is 0 Å². The second-order valence-electron chi connectivity index (χ2n) is 5.02. The van der Waals surface area contributed by atoms with Gasteiger partial charge in [0.2, 0.25) is 5.89 Å². The summed E-state index contributed by atoms with van der Waals surface area (Å²) in [5.74, 6) is 0.970. The fourth-order valence-corrected chi connectivity index (χ4v) is 2.22. The van der Waals surface area contributed by atoms with Gasteiger partial charge in [-0.2, -0.15) is 4.98 Å². The van der Waals surface area contributed by atoms with Crippen molar-refractivity contribution in [2.24, 2.45) is 0 Å². The molecule has 4 heteroatoms. The third-order valence-electron chi connectivity index (χ3n) is 3.40. The van der Waals surface area contributed by atoms with Crippen molar-refractivity contribution in [2.75, 3.05) is 6.61 Å². The Morgan fingerprint density at radius 1 is 1.09 bits per heavy atom. The average molecular weight is 295 g/mol. The topological polar surface area (TPSA) is 52.3 Å². The van der Waals surface area contributed by atoms with E-state index in [1.807, 2.05) is 30.3 Å². The number of aromatic nitrogens is 1. The number of hydrogen-bond acceptors (Lipinski definition) is 4. The van der Waals surface area contributed by atoms with E-state index in [1.54, 1.807) is 18.2 Å². The molecular weight excluding hydrogens is 278 g/mol. The molecule has 0 N–H and O–H groups in total. The van der Waals surface area contributed by atoms with Crippen molar-refractivity contribution in [3.05, 3.63) is 58.9 Å². The van der Waals surface area contributed by atoms with E-state index < -0.39 is 0 Å². The minimum atomic E-state index is -0.291. The number of unbranched alkanes of at least 4 members (excludes halogenated alkanes) is 1. The molecule has 0 aliphatic rings. The molecule has 0 radical (unpaired) electrons. The zero-order valence-corrected chi connectivity index (χ0v) is 12.4. The number of ether oxygens (including phenoxy) is 1. The standard InChI is InChI=1S/C18H17NO3/c1-2-3-12-21-15-10-6-5-9-14(15)18-19-17(20)13-8-4-7-11-16(13)22-18/h4-11H,2-3,12H2,1H3. The zero-order valence-electron chi connectivity index (χ0n) is 12.4. The molecule has 0 saturated carbocycles. The predicted molar refractivity (Wildman–Crippen MR) is 86.1 cm³/mol. The predicted octanol–water partition coefficient (Wildman–Crippen LogP) is 4.03. The van der Waals surface area contributed by atoms with Crippen LogP contribution in [0.2, 0.25) is 0 Å². The zero-order chi connectivity index (χ0) is 15.4. The lowest BCUT2D eigenvalue weighted by molar-refractivity contribution is 0.310. The molecular formula is C18H17NO3. The molecule has 3 aromatic rings. The van der Waals surface area contributed by atoms with Crippen molar-refractivity contribution in [2.45, 2.75) is 19.8 Å². The molecule has 22 heavy (non-hydrogen) atoms. The molecule has 1 heterocycles. The lowest BCUT2D eigenvalue weighted by Crippen LogP contribution is -2.07. The maximum Gasteiger partial charge on any atom is 0.284 e. The first-order valence-corrected chi connectivity index (χ1v) is 7.41. The Bertz CT molecular complexity index is 839. The third kappa shape index (κ3) is 2.86. The van der Waals surface area contributed by atoms with E-state index >= 15 is 0 Å². The first-order valence-electron chi connectivity index (χ1n) is 7.41. The van der Waals surface area contributed by atoms with Gasteiger partial charge in [-0.15, -0.1) is 0 Å². The van der Waals surface area contributed by atoms with Crippen LogP contribution in [0.15, 0.2) is 57.7 Å². The highest BCUT2D eigenvalue weighted by Gasteiger charge is 2.12. The maximum absolute atomic E-state index is 12.1. The summed E-state index contributed by atoms with van der Waals surface area (Å²) in [5, 5.41) is 0.482. The molecule has 0 spiro atoms. The van der Waals surface area contributed by atoms with Crippen molar-refractivity contribution < 1.29 is 9.15 Å². The Hall–Kier alpha value is -2.62. The van der Waals surface area contributed by atoms with E-state index in [0.717, 1.165) is 12.8 Å². The Balaban J connectivity index is 2.06. The molecule has 0 amide bonds. The fourth-order valence-electron chi connectivity index (χ4n) is 2.22. The van der Waals surface area contributed by atoms with Crippen LogP contribution in [0.1, 0.15) is 19.8 Å². The number of fused-ring (bicyclic) bond motifs is 1. The minimum Gasteiger partial charge on any atom is -0.493 e. The van der Waals surface area contributed by atoms with Crippen LogP contribution in [0.5, 0.6) is 5.75 Å². The van der Waals surface area contributed by atoms with Crippen LogP contribution in [0.25, 0.3) is 22.4 Å². The van der Waals surface area contributed by atoms with Gasteiger partial charge in [0, 0.05) is 0 Å². The molecule has 0 bridgehead atoms. The largest absolute Gasteiger partial charge is 0.493 e. The summed E-state index contributed by atoms with van der Waals surface area (Å²) >= 11 is 0. The van der Waals surface area contributed by atoms with Crippen LogP contribution in [-0.4, -0.2) is 11.6 Å². The maximum atomic E-state index is 12.1.